The Morgan fingerprint density at radius 3 is 2.56 bits per heavy atom. The highest BCUT2D eigenvalue weighted by atomic mass is 16.5. The highest BCUT2D eigenvalue weighted by Crippen LogP contribution is 2.25. The van der Waals surface area contributed by atoms with Gasteiger partial charge in [-0.15, -0.1) is 0 Å². The van der Waals surface area contributed by atoms with Crippen LogP contribution in [0.5, 0.6) is 0 Å². The smallest absolute Gasteiger partial charge is 0.0594 e. The molecule has 0 spiro atoms. The van der Waals surface area contributed by atoms with Gasteiger partial charge in [0, 0.05) is 13.1 Å². The minimum absolute atomic E-state index is 0.514. The van der Waals surface area contributed by atoms with Gasteiger partial charge in [-0.05, 0) is 37.2 Å². The van der Waals surface area contributed by atoms with Gasteiger partial charge in [-0.1, -0.05) is 37.3 Å². The normalized spacial score (nSPS) is 24.1. The Balaban J connectivity index is 1.51. The largest absolute Gasteiger partial charge is 0.377 e. The highest BCUT2D eigenvalue weighted by molar-refractivity contribution is 5.14. The second-order valence-corrected chi connectivity index (χ2v) is 5.42. The first kappa shape index (κ1) is 13.6. The zero-order chi connectivity index (χ0) is 12.6. The van der Waals surface area contributed by atoms with Crippen molar-refractivity contribution in [3.63, 3.8) is 0 Å². The van der Waals surface area contributed by atoms with E-state index in [4.69, 9.17) is 4.74 Å². The summed E-state index contributed by atoms with van der Waals surface area (Å²) in [5.41, 5.74) is 1.34. The topological polar surface area (TPSA) is 21.3 Å². The molecule has 18 heavy (non-hydrogen) atoms. The molecule has 100 valence electrons. The van der Waals surface area contributed by atoms with E-state index in [1.54, 1.807) is 0 Å². The number of hydrogen-bond acceptors (Lipinski definition) is 2. The fourth-order valence-corrected chi connectivity index (χ4v) is 2.52. The third kappa shape index (κ3) is 4.79. The molecule has 0 aliphatic heterocycles. The Morgan fingerprint density at radius 2 is 1.83 bits per heavy atom. The van der Waals surface area contributed by atoms with Crippen molar-refractivity contribution in [1.82, 2.24) is 5.32 Å². The van der Waals surface area contributed by atoms with Crippen LogP contribution in [0, 0.1) is 5.92 Å². The summed E-state index contributed by atoms with van der Waals surface area (Å²) in [6.45, 7) is 5.07. The zero-order valence-corrected chi connectivity index (χ0v) is 11.4. The summed E-state index contributed by atoms with van der Waals surface area (Å²) in [6.07, 6.45) is 5.68. The number of rotatable bonds is 6. The van der Waals surface area contributed by atoms with E-state index in [2.05, 4.69) is 42.6 Å². The summed E-state index contributed by atoms with van der Waals surface area (Å²) in [6, 6.07) is 10.5. The number of ether oxygens (including phenoxy) is 1. The van der Waals surface area contributed by atoms with Gasteiger partial charge in [0.1, 0.15) is 0 Å². The molecule has 1 aliphatic carbocycles. The third-order valence-electron chi connectivity index (χ3n) is 3.77. The van der Waals surface area contributed by atoms with Crippen molar-refractivity contribution in [3.05, 3.63) is 35.9 Å². The molecule has 0 unspecified atom stereocenters. The van der Waals surface area contributed by atoms with Crippen molar-refractivity contribution < 1.29 is 4.74 Å². The van der Waals surface area contributed by atoms with Crippen LogP contribution in [-0.2, 0) is 11.3 Å². The Hall–Kier alpha value is -0.860. The molecule has 2 rings (SSSR count). The van der Waals surface area contributed by atoms with E-state index in [0.717, 1.165) is 25.6 Å². The zero-order valence-electron chi connectivity index (χ0n) is 11.4. The first-order valence-electron chi connectivity index (χ1n) is 7.21. The maximum absolute atomic E-state index is 5.91. The summed E-state index contributed by atoms with van der Waals surface area (Å²) in [7, 11) is 0. The molecule has 0 saturated heterocycles. The van der Waals surface area contributed by atoms with Gasteiger partial charge in [0.05, 0.1) is 12.7 Å². The van der Waals surface area contributed by atoms with E-state index >= 15 is 0 Å². The average molecular weight is 247 g/mol. The van der Waals surface area contributed by atoms with E-state index in [1.807, 2.05) is 0 Å². The van der Waals surface area contributed by atoms with Gasteiger partial charge in [-0.25, -0.2) is 0 Å². The van der Waals surface area contributed by atoms with Crippen LogP contribution in [0.3, 0.4) is 0 Å². The Bertz CT molecular complexity index is 317. The van der Waals surface area contributed by atoms with Crippen LogP contribution in [0.25, 0.3) is 0 Å². The van der Waals surface area contributed by atoms with Crippen molar-refractivity contribution >= 4 is 0 Å². The molecule has 1 fully saturated rings. The molecule has 0 atom stereocenters. The fourth-order valence-electron chi connectivity index (χ4n) is 2.52. The van der Waals surface area contributed by atoms with E-state index in [1.165, 1.54) is 31.2 Å². The number of benzene rings is 1. The van der Waals surface area contributed by atoms with Gasteiger partial charge in [0.25, 0.3) is 0 Å². The van der Waals surface area contributed by atoms with Crippen molar-refractivity contribution in [2.75, 3.05) is 13.2 Å². The fraction of sp³-hybridized carbons (Fsp3) is 0.625. The van der Waals surface area contributed by atoms with Crippen LogP contribution in [-0.4, -0.2) is 19.3 Å². The number of hydrogen-bond donors (Lipinski definition) is 1. The van der Waals surface area contributed by atoms with Crippen LogP contribution in [0.2, 0.25) is 0 Å². The Morgan fingerprint density at radius 1 is 1.11 bits per heavy atom. The molecule has 0 aromatic heterocycles. The van der Waals surface area contributed by atoms with E-state index in [9.17, 15) is 0 Å². The second kappa shape index (κ2) is 7.55. The molecular weight excluding hydrogens is 222 g/mol. The second-order valence-electron chi connectivity index (χ2n) is 5.42. The lowest BCUT2D eigenvalue weighted by molar-refractivity contribution is 0.0215. The molecule has 1 aromatic rings. The van der Waals surface area contributed by atoms with E-state index in [0.29, 0.717) is 6.10 Å². The van der Waals surface area contributed by atoms with Gasteiger partial charge in [0.15, 0.2) is 0 Å². The summed E-state index contributed by atoms with van der Waals surface area (Å²) < 4.78 is 5.91. The van der Waals surface area contributed by atoms with Gasteiger partial charge in [0.2, 0.25) is 0 Å². The molecule has 0 heterocycles. The minimum Gasteiger partial charge on any atom is -0.377 e. The average Bonchev–Trinajstić information content (AvgIpc) is 2.42. The molecule has 1 saturated carbocycles. The third-order valence-corrected chi connectivity index (χ3v) is 3.77. The van der Waals surface area contributed by atoms with Gasteiger partial charge in [-0.3, -0.25) is 0 Å². The van der Waals surface area contributed by atoms with Crippen LogP contribution in [0.1, 0.15) is 38.2 Å². The van der Waals surface area contributed by atoms with Gasteiger partial charge < -0.3 is 10.1 Å². The monoisotopic (exact) mass is 247 g/mol. The summed E-state index contributed by atoms with van der Waals surface area (Å²) in [5, 5.41) is 3.43. The molecule has 1 N–H and O–H groups in total. The van der Waals surface area contributed by atoms with Gasteiger partial charge >= 0.3 is 0 Å². The summed E-state index contributed by atoms with van der Waals surface area (Å²) in [4.78, 5) is 0. The van der Waals surface area contributed by atoms with Crippen LogP contribution in [0.15, 0.2) is 30.3 Å². The maximum atomic E-state index is 5.91. The molecule has 0 bridgehead atoms. The van der Waals surface area contributed by atoms with Gasteiger partial charge in [-0.2, -0.15) is 0 Å². The van der Waals surface area contributed by atoms with Crippen molar-refractivity contribution in [1.29, 1.82) is 0 Å². The maximum Gasteiger partial charge on any atom is 0.0594 e. The summed E-state index contributed by atoms with van der Waals surface area (Å²) in [5.74, 6) is 0.904. The molecule has 2 heteroatoms. The van der Waals surface area contributed by atoms with Crippen molar-refractivity contribution in [2.45, 2.75) is 45.3 Å². The first-order valence-corrected chi connectivity index (χ1v) is 7.21. The van der Waals surface area contributed by atoms with Crippen LogP contribution in [0.4, 0.5) is 0 Å². The molecule has 2 nitrogen and oxygen atoms in total. The SMILES string of the molecule is CC1CCC(OCCNCc2ccccc2)CC1. The lowest BCUT2D eigenvalue weighted by atomic mass is 9.89. The molecule has 0 radical (unpaired) electrons. The number of nitrogens with one attached hydrogen (secondary N) is 1. The highest BCUT2D eigenvalue weighted by Gasteiger charge is 2.17. The lowest BCUT2D eigenvalue weighted by Gasteiger charge is -2.26. The standard InChI is InChI=1S/C16H25NO/c1-14-7-9-16(10-8-14)18-12-11-17-13-15-5-3-2-4-6-15/h2-6,14,16-17H,7-13H2,1H3. The predicted molar refractivity (Wildman–Crippen MR) is 75.5 cm³/mol. The van der Waals surface area contributed by atoms with Crippen molar-refractivity contribution in [2.24, 2.45) is 5.92 Å². The first-order chi connectivity index (χ1) is 8.84. The minimum atomic E-state index is 0.514. The molecule has 1 aliphatic rings. The quantitative estimate of drug-likeness (QED) is 0.778. The molecular formula is C16H25NO. The predicted octanol–water partition coefficient (Wildman–Crippen LogP) is 3.37. The Kier molecular flexibility index (Phi) is 5.69. The van der Waals surface area contributed by atoms with Crippen molar-refractivity contribution in [3.8, 4) is 0 Å². The van der Waals surface area contributed by atoms with E-state index < -0.39 is 0 Å². The van der Waals surface area contributed by atoms with Crippen LogP contribution < -0.4 is 5.32 Å². The molecule has 0 amide bonds. The summed E-state index contributed by atoms with van der Waals surface area (Å²) >= 11 is 0. The van der Waals surface area contributed by atoms with Crippen LogP contribution >= 0.6 is 0 Å². The Labute approximate surface area is 111 Å². The molecule has 1 aromatic carbocycles. The van der Waals surface area contributed by atoms with E-state index in [-0.39, 0.29) is 0 Å². The lowest BCUT2D eigenvalue weighted by Crippen LogP contribution is -2.25.